The average Bonchev–Trinajstić information content (AvgIpc) is 3.31. The van der Waals surface area contributed by atoms with Crippen molar-refractivity contribution >= 4 is 35.2 Å². The molecular formula is C33H34FN5O7. The molecule has 0 bridgehead atoms. The first-order valence-electron chi connectivity index (χ1n) is 14.9. The minimum atomic E-state index is -1.03. The van der Waals surface area contributed by atoms with Gasteiger partial charge in [-0.3, -0.25) is 39.2 Å². The molecule has 2 atom stereocenters. The second kappa shape index (κ2) is 14.8. The number of amides is 5. The fourth-order valence-corrected chi connectivity index (χ4v) is 5.54. The molecule has 3 heterocycles. The van der Waals surface area contributed by atoms with Crippen LogP contribution < -0.4 is 10.6 Å². The van der Waals surface area contributed by atoms with Crippen LogP contribution in [0.15, 0.2) is 67.0 Å². The summed E-state index contributed by atoms with van der Waals surface area (Å²) in [4.78, 5) is 69.7. The van der Waals surface area contributed by atoms with Crippen molar-refractivity contribution in [3.63, 3.8) is 0 Å². The summed E-state index contributed by atoms with van der Waals surface area (Å²) in [5.74, 6) is -2.76. The summed E-state index contributed by atoms with van der Waals surface area (Å²) in [5.41, 5.74) is 2.38. The number of pyridine rings is 1. The molecule has 12 nitrogen and oxygen atoms in total. The van der Waals surface area contributed by atoms with Crippen LogP contribution in [0.2, 0.25) is 0 Å². The Hall–Kier alpha value is -5.01. The van der Waals surface area contributed by atoms with Gasteiger partial charge in [-0.15, -0.1) is 0 Å². The average molecular weight is 632 g/mol. The number of hydrogen-bond donors (Lipinski definition) is 2. The Labute approximate surface area is 264 Å². The summed E-state index contributed by atoms with van der Waals surface area (Å²) < 4.78 is 24.7. The number of benzene rings is 2. The number of rotatable bonds is 14. The topological polar surface area (TPSA) is 147 Å². The molecule has 1 saturated heterocycles. The maximum absolute atomic E-state index is 13.5. The number of fused-ring (bicyclic) bond motifs is 1. The van der Waals surface area contributed by atoms with Gasteiger partial charge in [0.25, 0.3) is 11.8 Å². The fraction of sp³-hybridized carbons (Fsp3) is 0.333. The van der Waals surface area contributed by atoms with Crippen LogP contribution in [0.3, 0.4) is 0 Å². The number of aromatic nitrogens is 1. The highest BCUT2D eigenvalue weighted by molar-refractivity contribution is 6.25. The molecule has 0 saturated carbocycles. The van der Waals surface area contributed by atoms with Crippen molar-refractivity contribution in [2.24, 2.45) is 0 Å². The van der Waals surface area contributed by atoms with Crippen molar-refractivity contribution in [1.82, 2.24) is 20.1 Å². The number of ether oxygens (including phenoxy) is 2. The largest absolute Gasteiger partial charge is 0.382 e. The number of anilines is 1. The van der Waals surface area contributed by atoms with E-state index < -0.39 is 35.7 Å². The summed E-state index contributed by atoms with van der Waals surface area (Å²) in [6.45, 7) is 1.32. The van der Waals surface area contributed by atoms with Crippen LogP contribution in [0.25, 0.3) is 0 Å². The van der Waals surface area contributed by atoms with E-state index in [1.165, 1.54) is 18.2 Å². The van der Waals surface area contributed by atoms with Gasteiger partial charge in [0.1, 0.15) is 11.9 Å². The third-order valence-corrected chi connectivity index (χ3v) is 7.83. The van der Waals surface area contributed by atoms with Gasteiger partial charge in [-0.25, -0.2) is 4.39 Å². The van der Waals surface area contributed by atoms with Crippen LogP contribution in [0.5, 0.6) is 0 Å². The van der Waals surface area contributed by atoms with Crippen LogP contribution in [0.4, 0.5) is 10.1 Å². The van der Waals surface area contributed by atoms with Crippen LogP contribution >= 0.6 is 0 Å². The fourth-order valence-electron chi connectivity index (χ4n) is 5.54. The molecule has 0 aliphatic carbocycles. The summed E-state index contributed by atoms with van der Waals surface area (Å²) in [5, 5.41) is 5.30. The first kappa shape index (κ1) is 32.4. The first-order valence-corrected chi connectivity index (χ1v) is 14.9. The molecule has 2 aromatic carbocycles. The van der Waals surface area contributed by atoms with Gasteiger partial charge in [0.05, 0.1) is 50.0 Å². The lowest BCUT2D eigenvalue weighted by molar-refractivity contribution is -0.136. The van der Waals surface area contributed by atoms with E-state index in [1.807, 2.05) is 6.07 Å². The standard InChI is InChI=1S/C33H34FN5O7/c1-38(30(22-4-3-14-35-20-22)21-7-9-23(34)10-8-21)28(41)13-16-45-18-19-46-17-15-36-25-6-2-5-24-29(25)33(44)39(32(24)43)26-11-12-27(40)37-31(26)42/h2-10,14,20,26,30,36H,11-13,15-19H2,1H3,(H,37,40,42). The molecule has 13 heteroatoms. The molecule has 2 unspecified atom stereocenters. The van der Waals surface area contributed by atoms with Crippen molar-refractivity contribution in [2.45, 2.75) is 31.3 Å². The lowest BCUT2D eigenvalue weighted by Crippen LogP contribution is -2.54. The van der Waals surface area contributed by atoms with E-state index in [9.17, 15) is 28.4 Å². The Morgan fingerprint density at radius 3 is 2.48 bits per heavy atom. The smallest absolute Gasteiger partial charge is 0.264 e. The van der Waals surface area contributed by atoms with E-state index in [0.29, 0.717) is 12.2 Å². The molecule has 2 N–H and O–H groups in total. The highest BCUT2D eigenvalue weighted by Crippen LogP contribution is 2.32. The Kier molecular flexibility index (Phi) is 10.5. The molecule has 46 heavy (non-hydrogen) atoms. The van der Waals surface area contributed by atoms with Crippen molar-refractivity contribution in [3.8, 4) is 0 Å². The summed E-state index contributed by atoms with van der Waals surface area (Å²) in [6.07, 6.45) is 3.60. The van der Waals surface area contributed by atoms with Crippen LogP contribution in [0.1, 0.15) is 57.1 Å². The molecule has 5 amide bonds. The second-order valence-electron chi connectivity index (χ2n) is 10.8. The van der Waals surface area contributed by atoms with Gasteiger partial charge in [0.2, 0.25) is 17.7 Å². The van der Waals surface area contributed by atoms with Crippen molar-refractivity contribution in [1.29, 1.82) is 0 Å². The molecule has 240 valence electrons. The van der Waals surface area contributed by atoms with Crippen LogP contribution in [-0.4, -0.2) is 90.4 Å². The first-order chi connectivity index (χ1) is 22.3. The minimum absolute atomic E-state index is 0.0491. The highest BCUT2D eigenvalue weighted by Gasteiger charge is 2.45. The number of carbonyl (C=O) groups excluding carboxylic acids is 5. The predicted octanol–water partition coefficient (Wildman–Crippen LogP) is 2.71. The Bertz CT molecular complexity index is 1600. The zero-order valence-electron chi connectivity index (χ0n) is 25.2. The normalized spacial score (nSPS) is 16.7. The molecule has 2 aliphatic rings. The molecule has 1 aromatic heterocycles. The number of piperidine rings is 1. The van der Waals surface area contributed by atoms with E-state index in [0.717, 1.165) is 16.0 Å². The van der Waals surface area contributed by atoms with E-state index >= 15 is 0 Å². The van der Waals surface area contributed by atoms with Crippen molar-refractivity contribution in [3.05, 3.63) is 95.1 Å². The number of nitrogens with zero attached hydrogens (tertiary/aromatic N) is 3. The lowest BCUT2D eigenvalue weighted by atomic mass is 9.98. The van der Waals surface area contributed by atoms with Gasteiger partial charge in [0.15, 0.2) is 0 Å². The van der Waals surface area contributed by atoms with Crippen molar-refractivity contribution in [2.75, 3.05) is 45.3 Å². The molecule has 3 aromatic rings. The quantitative estimate of drug-likeness (QED) is 0.203. The van der Waals surface area contributed by atoms with Gasteiger partial charge in [0, 0.05) is 38.1 Å². The van der Waals surface area contributed by atoms with E-state index in [4.69, 9.17) is 9.47 Å². The molecule has 0 spiro atoms. The number of carbonyl (C=O) groups is 5. The predicted molar refractivity (Wildman–Crippen MR) is 163 cm³/mol. The van der Waals surface area contributed by atoms with E-state index in [2.05, 4.69) is 15.6 Å². The summed E-state index contributed by atoms with van der Waals surface area (Å²) >= 11 is 0. The third kappa shape index (κ3) is 7.27. The maximum Gasteiger partial charge on any atom is 0.264 e. The van der Waals surface area contributed by atoms with Crippen LogP contribution in [0, 0.1) is 5.82 Å². The summed E-state index contributed by atoms with van der Waals surface area (Å²) in [7, 11) is 1.69. The second-order valence-corrected chi connectivity index (χ2v) is 10.8. The molecule has 5 rings (SSSR count). The Balaban J connectivity index is 1.03. The van der Waals surface area contributed by atoms with E-state index in [-0.39, 0.29) is 68.5 Å². The van der Waals surface area contributed by atoms with Crippen molar-refractivity contribution < 1.29 is 37.8 Å². The minimum Gasteiger partial charge on any atom is -0.382 e. The van der Waals surface area contributed by atoms with Gasteiger partial charge in [-0.2, -0.15) is 0 Å². The van der Waals surface area contributed by atoms with Gasteiger partial charge in [-0.05, 0) is 47.9 Å². The SMILES string of the molecule is CN(C(=O)CCOCCOCCNc1cccc2c1C(=O)N(C1CCC(=O)NC1=O)C2=O)C(c1ccc(F)cc1)c1cccnc1. The summed E-state index contributed by atoms with van der Waals surface area (Å²) in [6, 6.07) is 13.1. The zero-order valence-corrected chi connectivity index (χ0v) is 25.2. The number of halogens is 1. The Morgan fingerprint density at radius 1 is 1.00 bits per heavy atom. The number of hydrogen-bond acceptors (Lipinski definition) is 9. The molecule has 0 radical (unpaired) electrons. The Morgan fingerprint density at radius 2 is 1.76 bits per heavy atom. The highest BCUT2D eigenvalue weighted by atomic mass is 19.1. The van der Waals surface area contributed by atoms with E-state index in [1.54, 1.807) is 54.7 Å². The third-order valence-electron chi connectivity index (χ3n) is 7.83. The van der Waals surface area contributed by atoms with Gasteiger partial charge in [-0.1, -0.05) is 24.3 Å². The monoisotopic (exact) mass is 631 g/mol. The molecule has 2 aliphatic heterocycles. The van der Waals surface area contributed by atoms with Gasteiger partial charge >= 0.3 is 0 Å². The molecule has 1 fully saturated rings. The number of imide groups is 2. The maximum atomic E-state index is 13.5. The van der Waals surface area contributed by atoms with Crippen LogP contribution in [-0.2, 0) is 23.9 Å². The molecular weight excluding hydrogens is 597 g/mol. The van der Waals surface area contributed by atoms with Gasteiger partial charge < -0.3 is 19.7 Å². The lowest BCUT2D eigenvalue weighted by Gasteiger charge is -2.29. The number of nitrogens with one attached hydrogen (secondary N) is 2. The zero-order chi connectivity index (χ0) is 32.6.